The molecule has 1 aromatic heterocycles. The molecule has 0 radical (unpaired) electrons. The zero-order chi connectivity index (χ0) is 12.5. The van der Waals surface area contributed by atoms with Gasteiger partial charge < -0.3 is 4.90 Å². The van der Waals surface area contributed by atoms with Gasteiger partial charge >= 0.3 is 0 Å². The smallest absolute Gasteiger partial charge is 0.137 e. The van der Waals surface area contributed by atoms with Crippen LogP contribution in [-0.4, -0.2) is 23.1 Å². The Bertz CT molecular complexity index is 394. The average molecular weight is 254 g/mol. The van der Waals surface area contributed by atoms with Crippen molar-refractivity contribution in [1.29, 1.82) is 0 Å². The summed E-state index contributed by atoms with van der Waals surface area (Å²) < 4.78 is 0. The standard InChI is InChI=1S/C13H20ClN3/c1-4-10-11(14)15-9-16-12(10)17-7-5-13(2,3)6-8-17/h9H,4-8H2,1-3H3. The quantitative estimate of drug-likeness (QED) is 0.758. The first-order valence-corrected chi connectivity index (χ1v) is 6.65. The Morgan fingerprint density at radius 1 is 1.29 bits per heavy atom. The van der Waals surface area contributed by atoms with Crippen LogP contribution in [0.1, 0.15) is 39.2 Å². The minimum Gasteiger partial charge on any atom is -0.356 e. The van der Waals surface area contributed by atoms with Crippen LogP contribution in [0.4, 0.5) is 5.82 Å². The van der Waals surface area contributed by atoms with E-state index in [0.29, 0.717) is 10.6 Å². The summed E-state index contributed by atoms with van der Waals surface area (Å²) in [6.07, 6.45) is 4.86. The highest BCUT2D eigenvalue weighted by atomic mass is 35.5. The van der Waals surface area contributed by atoms with E-state index in [0.717, 1.165) is 30.9 Å². The van der Waals surface area contributed by atoms with Crippen LogP contribution in [0.15, 0.2) is 6.33 Å². The van der Waals surface area contributed by atoms with E-state index in [1.54, 1.807) is 6.33 Å². The van der Waals surface area contributed by atoms with Crippen LogP contribution in [0.3, 0.4) is 0 Å². The largest absolute Gasteiger partial charge is 0.356 e. The van der Waals surface area contributed by atoms with Crippen molar-refractivity contribution in [2.24, 2.45) is 5.41 Å². The summed E-state index contributed by atoms with van der Waals surface area (Å²) in [5.74, 6) is 1.03. The first kappa shape index (κ1) is 12.6. The van der Waals surface area contributed by atoms with E-state index in [1.165, 1.54) is 12.8 Å². The van der Waals surface area contributed by atoms with Crippen molar-refractivity contribution in [3.63, 3.8) is 0 Å². The van der Waals surface area contributed by atoms with Crippen molar-refractivity contribution in [1.82, 2.24) is 9.97 Å². The normalized spacial score (nSPS) is 19.4. The Kier molecular flexibility index (Phi) is 3.57. The van der Waals surface area contributed by atoms with Crippen LogP contribution >= 0.6 is 11.6 Å². The molecule has 1 saturated heterocycles. The van der Waals surface area contributed by atoms with Gasteiger partial charge in [-0.05, 0) is 24.7 Å². The van der Waals surface area contributed by atoms with Crippen LogP contribution in [0.5, 0.6) is 0 Å². The van der Waals surface area contributed by atoms with Crippen LogP contribution in [0, 0.1) is 5.41 Å². The molecule has 1 aromatic rings. The van der Waals surface area contributed by atoms with Gasteiger partial charge in [0.2, 0.25) is 0 Å². The number of nitrogens with zero attached hydrogens (tertiary/aromatic N) is 3. The second-order valence-corrected chi connectivity index (χ2v) is 5.83. The molecular weight excluding hydrogens is 234 g/mol. The highest BCUT2D eigenvalue weighted by molar-refractivity contribution is 6.30. The third-order valence-corrected chi connectivity index (χ3v) is 3.97. The van der Waals surface area contributed by atoms with E-state index in [-0.39, 0.29) is 0 Å². The second-order valence-electron chi connectivity index (χ2n) is 5.47. The zero-order valence-corrected chi connectivity index (χ0v) is 11.6. The fraction of sp³-hybridized carbons (Fsp3) is 0.692. The third kappa shape index (κ3) is 2.71. The molecule has 0 amide bonds. The zero-order valence-electron chi connectivity index (χ0n) is 10.8. The summed E-state index contributed by atoms with van der Waals surface area (Å²) in [6, 6.07) is 0. The van der Waals surface area contributed by atoms with Gasteiger partial charge in [0.05, 0.1) is 0 Å². The Labute approximate surface area is 108 Å². The Balaban J connectivity index is 2.21. The Morgan fingerprint density at radius 3 is 2.53 bits per heavy atom. The molecular formula is C13H20ClN3. The minimum atomic E-state index is 0.458. The maximum Gasteiger partial charge on any atom is 0.137 e. The molecule has 94 valence electrons. The fourth-order valence-corrected chi connectivity index (χ4v) is 2.54. The van der Waals surface area contributed by atoms with E-state index in [9.17, 15) is 0 Å². The summed E-state index contributed by atoms with van der Waals surface area (Å²) in [7, 11) is 0. The summed E-state index contributed by atoms with van der Waals surface area (Å²) >= 11 is 6.13. The molecule has 0 aliphatic carbocycles. The molecule has 2 heterocycles. The molecule has 1 aliphatic rings. The van der Waals surface area contributed by atoms with Gasteiger partial charge in [-0.1, -0.05) is 32.4 Å². The summed E-state index contributed by atoms with van der Waals surface area (Å²) in [4.78, 5) is 10.8. The lowest BCUT2D eigenvalue weighted by atomic mass is 9.82. The highest BCUT2D eigenvalue weighted by Crippen LogP contribution is 2.33. The second kappa shape index (κ2) is 4.81. The predicted octanol–water partition coefficient (Wildman–Crippen LogP) is 3.32. The Morgan fingerprint density at radius 2 is 1.94 bits per heavy atom. The van der Waals surface area contributed by atoms with Gasteiger partial charge in [0.15, 0.2) is 0 Å². The SMILES string of the molecule is CCc1c(Cl)ncnc1N1CCC(C)(C)CC1. The van der Waals surface area contributed by atoms with Gasteiger partial charge in [-0.3, -0.25) is 0 Å². The number of aromatic nitrogens is 2. The van der Waals surface area contributed by atoms with E-state index >= 15 is 0 Å². The van der Waals surface area contributed by atoms with Gasteiger partial charge in [-0.15, -0.1) is 0 Å². The molecule has 3 nitrogen and oxygen atoms in total. The lowest BCUT2D eigenvalue weighted by Gasteiger charge is -2.38. The van der Waals surface area contributed by atoms with Gasteiger partial charge in [-0.25, -0.2) is 9.97 Å². The van der Waals surface area contributed by atoms with Gasteiger partial charge in [0.1, 0.15) is 17.3 Å². The van der Waals surface area contributed by atoms with E-state index in [1.807, 2.05) is 0 Å². The number of halogens is 1. The van der Waals surface area contributed by atoms with Crippen molar-refractivity contribution in [2.45, 2.75) is 40.0 Å². The lowest BCUT2D eigenvalue weighted by molar-refractivity contribution is 0.279. The van der Waals surface area contributed by atoms with Crippen molar-refractivity contribution < 1.29 is 0 Å². The number of hydrogen-bond donors (Lipinski definition) is 0. The Hall–Kier alpha value is -0.830. The van der Waals surface area contributed by atoms with Crippen molar-refractivity contribution in [3.8, 4) is 0 Å². The molecule has 1 fully saturated rings. The lowest BCUT2D eigenvalue weighted by Crippen LogP contribution is -2.38. The van der Waals surface area contributed by atoms with E-state index in [4.69, 9.17) is 11.6 Å². The van der Waals surface area contributed by atoms with Crippen LogP contribution in [0.25, 0.3) is 0 Å². The molecule has 0 bridgehead atoms. The number of piperidine rings is 1. The van der Waals surface area contributed by atoms with Gasteiger partial charge in [-0.2, -0.15) is 0 Å². The first-order chi connectivity index (χ1) is 8.03. The molecule has 1 aliphatic heterocycles. The molecule has 2 rings (SSSR count). The topological polar surface area (TPSA) is 29.0 Å². The molecule has 0 N–H and O–H groups in total. The molecule has 0 spiro atoms. The molecule has 4 heteroatoms. The summed E-state index contributed by atoms with van der Waals surface area (Å²) in [5, 5.41) is 0.599. The molecule has 17 heavy (non-hydrogen) atoms. The van der Waals surface area contributed by atoms with E-state index < -0.39 is 0 Å². The summed E-state index contributed by atoms with van der Waals surface area (Å²) in [6.45, 7) is 8.89. The van der Waals surface area contributed by atoms with E-state index in [2.05, 4.69) is 35.6 Å². The molecule has 0 unspecified atom stereocenters. The number of hydrogen-bond acceptors (Lipinski definition) is 3. The molecule has 0 atom stereocenters. The molecule has 0 aromatic carbocycles. The predicted molar refractivity (Wildman–Crippen MR) is 71.6 cm³/mol. The minimum absolute atomic E-state index is 0.458. The highest BCUT2D eigenvalue weighted by Gasteiger charge is 2.27. The van der Waals surface area contributed by atoms with Crippen LogP contribution < -0.4 is 4.90 Å². The molecule has 0 saturated carbocycles. The third-order valence-electron chi connectivity index (χ3n) is 3.64. The van der Waals surface area contributed by atoms with Gasteiger partial charge in [0.25, 0.3) is 0 Å². The first-order valence-electron chi connectivity index (χ1n) is 6.28. The van der Waals surface area contributed by atoms with Crippen LogP contribution in [-0.2, 0) is 6.42 Å². The number of anilines is 1. The van der Waals surface area contributed by atoms with Gasteiger partial charge in [0, 0.05) is 18.7 Å². The monoisotopic (exact) mass is 253 g/mol. The number of rotatable bonds is 2. The van der Waals surface area contributed by atoms with Crippen molar-refractivity contribution in [2.75, 3.05) is 18.0 Å². The van der Waals surface area contributed by atoms with Crippen LogP contribution in [0.2, 0.25) is 5.15 Å². The maximum absolute atomic E-state index is 6.13. The maximum atomic E-state index is 6.13. The van der Waals surface area contributed by atoms with Crippen molar-refractivity contribution in [3.05, 3.63) is 17.0 Å². The van der Waals surface area contributed by atoms with Crippen molar-refractivity contribution >= 4 is 17.4 Å². The average Bonchev–Trinajstić information content (AvgIpc) is 2.29. The summed E-state index contributed by atoms with van der Waals surface area (Å²) in [5.41, 5.74) is 1.54. The fourth-order valence-electron chi connectivity index (χ4n) is 2.28.